The second kappa shape index (κ2) is 7.38. The number of carbonyl (C=O) groups excluding carboxylic acids is 1. The van der Waals surface area contributed by atoms with E-state index < -0.39 is 0 Å². The maximum absolute atomic E-state index is 13.3. The van der Waals surface area contributed by atoms with Crippen molar-refractivity contribution in [3.05, 3.63) is 58.1 Å². The van der Waals surface area contributed by atoms with Gasteiger partial charge in [0.2, 0.25) is 0 Å². The third kappa shape index (κ3) is 4.10. The number of hydrogen-bond acceptors (Lipinski definition) is 4. The van der Waals surface area contributed by atoms with Gasteiger partial charge in [0.1, 0.15) is 5.52 Å². The molecule has 3 aromatic rings. The Morgan fingerprint density at radius 3 is 2.79 bits per heavy atom. The molecule has 1 aliphatic rings. The molecule has 1 atom stereocenters. The number of halogens is 1. The molecule has 152 valence electrons. The van der Waals surface area contributed by atoms with Crippen molar-refractivity contribution in [1.82, 2.24) is 9.88 Å². The standard InChI is InChI=1S/C23H26ClN3O2/c1-14-5-7-18(23(2,3)4)17(11-14)21(28)27-10-9-16(13-27)25-22-26-19-8-6-15(24)12-20(19)29-22/h5-8,11-12,16H,9-10,13H2,1-4H3,(H,25,26)/t16-/m1/s1. The van der Waals surface area contributed by atoms with E-state index in [1.807, 2.05) is 24.0 Å². The number of oxazole rings is 1. The van der Waals surface area contributed by atoms with Crippen molar-refractivity contribution >= 4 is 34.6 Å². The molecule has 6 heteroatoms. The highest BCUT2D eigenvalue weighted by Gasteiger charge is 2.31. The first-order valence-corrected chi connectivity index (χ1v) is 10.3. The van der Waals surface area contributed by atoms with Gasteiger partial charge in [-0.15, -0.1) is 0 Å². The van der Waals surface area contributed by atoms with Crippen molar-refractivity contribution in [2.75, 3.05) is 18.4 Å². The van der Waals surface area contributed by atoms with Gasteiger partial charge in [-0.25, -0.2) is 0 Å². The van der Waals surface area contributed by atoms with Crippen molar-refractivity contribution in [1.29, 1.82) is 0 Å². The molecule has 0 radical (unpaired) electrons. The van der Waals surface area contributed by atoms with Crippen molar-refractivity contribution in [3.8, 4) is 0 Å². The first-order chi connectivity index (χ1) is 13.7. The van der Waals surface area contributed by atoms with Crippen LogP contribution in [-0.2, 0) is 5.41 Å². The van der Waals surface area contributed by atoms with Gasteiger partial charge in [0.05, 0.1) is 0 Å². The quantitative estimate of drug-likeness (QED) is 0.625. The molecule has 0 aliphatic carbocycles. The van der Waals surface area contributed by atoms with Gasteiger partial charge in [-0.3, -0.25) is 4.79 Å². The van der Waals surface area contributed by atoms with E-state index in [1.165, 1.54) is 0 Å². The molecule has 2 heterocycles. The van der Waals surface area contributed by atoms with Gasteiger partial charge >= 0.3 is 0 Å². The molecule has 29 heavy (non-hydrogen) atoms. The molecule has 1 saturated heterocycles. The van der Waals surface area contributed by atoms with E-state index in [4.69, 9.17) is 16.0 Å². The van der Waals surface area contributed by atoms with Crippen LogP contribution in [0.3, 0.4) is 0 Å². The third-order valence-corrected chi connectivity index (χ3v) is 5.60. The predicted octanol–water partition coefficient (Wildman–Crippen LogP) is 5.41. The molecule has 0 bridgehead atoms. The number of benzene rings is 2. The van der Waals surface area contributed by atoms with Crippen LogP contribution in [0.5, 0.6) is 0 Å². The lowest BCUT2D eigenvalue weighted by Gasteiger charge is -2.25. The molecule has 1 aliphatic heterocycles. The number of hydrogen-bond donors (Lipinski definition) is 1. The molecule has 0 unspecified atom stereocenters. The number of fused-ring (bicyclic) bond motifs is 1. The zero-order chi connectivity index (χ0) is 20.8. The number of likely N-dealkylation sites (tertiary alicyclic amines) is 1. The minimum absolute atomic E-state index is 0.0878. The zero-order valence-corrected chi connectivity index (χ0v) is 18.0. The number of anilines is 1. The second-order valence-corrected chi connectivity index (χ2v) is 9.25. The van der Waals surface area contributed by atoms with Crippen LogP contribution in [0.1, 0.15) is 48.7 Å². The largest absolute Gasteiger partial charge is 0.423 e. The average Bonchev–Trinajstić information content (AvgIpc) is 3.26. The van der Waals surface area contributed by atoms with E-state index in [1.54, 1.807) is 12.1 Å². The smallest absolute Gasteiger partial charge is 0.295 e. The lowest BCUT2D eigenvalue weighted by atomic mass is 9.83. The Labute approximate surface area is 176 Å². The fourth-order valence-electron chi connectivity index (χ4n) is 3.86. The topological polar surface area (TPSA) is 58.4 Å². The van der Waals surface area contributed by atoms with Crippen LogP contribution in [0.4, 0.5) is 6.01 Å². The van der Waals surface area contributed by atoms with Crippen LogP contribution in [0.2, 0.25) is 5.02 Å². The molecular weight excluding hydrogens is 386 g/mol. The fourth-order valence-corrected chi connectivity index (χ4v) is 4.02. The van der Waals surface area contributed by atoms with Gasteiger partial charge < -0.3 is 14.6 Å². The van der Waals surface area contributed by atoms with Gasteiger partial charge in [-0.05, 0) is 42.5 Å². The normalized spacial score (nSPS) is 17.1. The summed E-state index contributed by atoms with van der Waals surface area (Å²) in [6, 6.07) is 12.1. The lowest BCUT2D eigenvalue weighted by molar-refractivity contribution is 0.0789. The lowest BCUT2D eigenvalue weighted by Crippen LogP contribution is -2.33. The molecule has 1 fully saturated rings. The highest BCUT2D eigenvalue weighted by Crippen LogP contribution is 2.29. The van der Waals surface area contributed by atoms with E-state index in [9.17, 15) is 4.79 Å². The molecule has 1 N–H and O–H groups in total. The maximum Gasteiger partial charge on any atom is 0.295 e. The molecule has 0 spiro atoms. The molecule has 2 aromatic carbocycles. The number of carbonyl (C=O) groups is 1. The Hall–Kier alpha value is -2.53. The Morgan fingerprint density at radius 1 is 1.24 bits per heavy atom. The Balaban J connectivity index is 1.49. The summed E-state index contributed by atoms with van der Waals surface area (Å²) in [6.45, 7) is 9.78. The minimum atomic E-state index is -0.0878. The number of amides is 1. The van der Waals surface area contributed by atoms with Crippen LogP contribution in [-0.4, -0.2) is 34.9 Å². The monoisotopic (exact) mass is 411 g/mol. The van der Waals surface area contributed by atoms with Crippen molar-refractivity contribution in [2.45, 2.75) is 45.6 Å². The van der Waals surface area contributed by atoms with Gasteiger partial charge in [0.15, 0.2) is 5.58 Å². The summed E-state index contributed by atoms with van der Waals surface area (Å²) in [5.41, 5.74) is 4.31. The van der Waals surface area contributed by atoms with Gasteiger partial charge in [-0.2, -0.15) is 4.98 Å². The number of nitrogens with zero attached hydrogens (tertiary/aromatic N) is 2. The Bertz CT molecular complexity index is 1070. The van der Waals surface area contributed by atoms with Gasteiger partial charge in [-0.1, -0.05) is 50.1 Å². The minimum Gasteiger partial charge on any atom is -0.423 e. The summed E-state index contributed by atoms with van der Waals surface area (Å²) in [7, 11) is 0. The summed E-state index contributed by atoms with van der Waals surface area (Å²) in [5.74, 6) is 0.0901. The molecular formula is C23H26ClN3O2. The van der Waals surface area contributed by atoms with Crippen molar-refractivity contribution < 1.29 is 9.21 Å². The molecule has 0 saturated carbocycles. The summed E-state index contributed by atoms with van der Waals surface area (Å²) in [6.07, 6.45) is 0.849. The summed E-state index contributed by atoms with van der Waals surface area (Å²) in [5, 5.41) is 3.94. The van der Waals surface area contributed by atoms with Crippen molar-refractivity contribution in [2.24, 2.45) is 0 Å². The SMILES string of the molecule is Cc1ccc(C(C)(C)C)c(C(=O)N2CC[C@@H](Nc3nc4ccc(Cl)cc4o3)C2)c1. The van der Waals surface area contributed by atoms with Gasteiger partial charge in [0, 0.05) is 35.8 Å². The summed E-state index contributed by atoms with van der Waals surface area (Å²) in [4.78, 5) is 19.7. The first kappa shape index (κ1) is 19.8. The maximum atomic E-state index is 13.3. The number of aryl methyl sites for hydroxylation is 1. The third-order valence-electron chi connectivity index (χ3n) is 5.37. The molecule has 5 nitrogen and oxygen atoms in total. The van der Waals surface area contributed by atoms with Crippen LogP contribution in [0.15, 0.2) is 40.8 Å². The molecule has 4 rings (SSSR count). The fraction of sp³-hybridized carbons (Fsp3) is 0.391. The van der Waals surface area contributed by atoms with Crippen LogP contribution < -0.4 is 5.32 Å². The Kier molecular flexibility index (Phi) is 5.03. The molecule has 1 aromatic heterocycles. The van der Waals surface area contributed by atoms with Crippen molar-refractivity contribution in [3.63, 3.8) is 0 Å². The van der Waals surface area contributed by atoms with E-state index >= 15 is 0 Å². The average molecular weight is 412 g/mol. The van der Waals surface area contributed by atoms with E-state index in [2.05, 4.69) is 43.2 Å². The van der Waals surface area contributed by atoms with Crippen LogP contribution in [0.25, 0.3) is 11.1 Å². The highest BCUT2D eigenvalue weighted by atomic mass is 35.5. The van der Waals surface area contributed by atoms with E-state index in [0.29, 0.717) is 29.7 Å². The number of rotatable bonds is 3. The number of nitrogens with one attached hydrogen (secondary N) is 1. The van der Waals surface area contributed by atoms with Crippen LogP contribution >= 0.6 is 11.6 Å². The summed E-state index contributed by atoms with van der Waals surface area (Å²) < 4.78 is 5.76. The van der Waals surface area contributed by atoms with E-state index in [0.717, 1.165) is 28.6 Å². The van der Waals surface area contributed by atoms with Crippen LogP contribution in [0, 0.1) is 6.92 Å². The van der Waals surface area contributed by atoms with Gasteiger partial charge in [0.25, 0.3) is 11.9 Å². The summed E-state index contributed by atoms with van der Waals surface area (Å²) >= 11 is 6.01. The number of aromatic nitrogens is 1. The second-order valence-electron chi connectivity index (χ2n) is 8.81. The predicted molar refractivity (Wildman–Crippen MR) is 117 cm³/mol. The zero-order valence-electron chi connectivity index (χ0n) is 17.3. The highest BCUT2D eigenvalue weighted by molar-refractivity contribution is 6.31. The molecule has 1 amide bonds. The Morgan fingerprint density at radius 2 is 2.03 bits per heavy atom. The van der Waals surface area contributed by atoms with E-state index in [-0.39, 0.29) is 17.4 Å². The first-order valence-electron chi connectivity index (χ1n) is 9.94.